The number of anilines is 1. The van der Waals surface area contributed by atoms with Gasteiger partial charge in [-0.25, -0.2) is 13.8 Å². The van der Waals surface area contributed by atoms with Gasteiger partial charge in [0, 0.05) is 5.56 Å². The molecule has 0 aliphatic rings. The lowest BCUT2D eigenvalue weighted by atomic mass is 10.2. The van der Waals surface area contributed by atoms with Crippen molar-refractivity contribution in [1.82, 2.24) is 4.98 Å². The standard InChI is InChI=1S/C22H15F2N3O2S/c1-29-18-9-2-14(3-10-18)13-25-27(21(28)15-4-6-16(23)7-5-15)22-26-19-11-8-17(24)12-20(19)30-22/h2-13H,1H3/b25-13+. The highest BCUT2D eigenvalue weighted by Gasteiger charge is 2.21. The summed E-state index contributed by atoms with van der Waals surface area (Å²) in [5.74, 6) is -0.634. The van der Waals surface area contributed by atoms with Crippen LogP contribution >= 0.6 is 11.3 Å². The van der Waals surface area contributed by atoms with Gasteiger partial charge in [0.05, 0.1) is 23.5 Å². The molecule has 4 rings (SSSR count). The van der Waals surface area contributed by atoms with Gasteiger partial charge >= 0.3 is 0 Å². The van der Waals surface area contributed by atoms with Crippen LogP contribution < -0.4 is 9.75 Å². The van der Waals surface area contributed by atoms with Crippen LogP contribution in [0.25, 0.3) is 10.2 Å². The molecule has 0 aliphatic carbocycles. The number of carbonyl (C=O) groups excluding carboxylic acids is 1. The number of hydrogen-bond acceptors (Lipinski definition) is 5. The predicted molar refractivity (Wildman–Crippen MR) is 113 cm³/mol. The van der Waals surface area contributed by atoms with Gasteiger partial charge in [-0.3, -0.25) is 4.79 Å². The Balaban J connectivity index is 1.73. The van der Waals surface area contributed by atoms with Crippen molar-refractivity contribution >= 4 is 38.8 Å². The number of hydrogen-bond donors (Lipinski definition) is 0. The third-order valence-electron chi connectivity index (χ3n) is 4.24. The van der Waals surface area contributed by atoms with Crippen LogP contribution in [0.15, 0.2) is 71.8 Å². The Morgan fingerprint density at radius 1 is 1.03 bits per heavy atom. The molecule has 0 radical (unpaired) electrons. The zero-order valence-corrected chi connectivity index (χ0v) is 16.6. The number of nitrogens with zero attached hydrogens (tertiary/aromatic N) is 3. The van der Waals surface area contributed by atoms with Crippen molar-refractivity contribution in [2.24, 2.45) is 5.10 Å². The number of rotatable bonds is 5. The molecule has 1 aromatic heterocycles. The Hall–Kier alpha value is -3.65. The van der Waals surface area contributed by atoms with E-state index in [-0.39, 0.29) is 10.7 Å². The van der Waals surface area contributed by atoms with Gasteiger partial charge in [-0.05, 0) is 72.3 Å². The fourth-order valence-electron chi connectivity index (χ4n) is 2.69. The SMILES string of the molecule is COc1ccc(/C=N/N(C(=O)c2ccc(F)cc2)c2nc3ccc(F)cc3s2)cc1. The number of hydrazone groups is 1. The summed E-state index contributed by atoms with van der Waals surface area (Å²) in [5.41, 5.74) is 1.53. The number of methoxy groups -OCH3 is 1. The second-order valence-corrected chi connectivity index (χ2v) is 7.26. The lowest BCUT2D eigenvalue weighted by Crippen LogP contribution is -2.25. The minimum absolute atomic E-state index is 0.244. The molecule has 30 heavy (non-hydrogen) atoms. The summed E-state index contributed by atoms with van der Waals surface area (Å²) in [5, 5.41) is 5.71. The molecule has 1 amide bonds. The third-order valence-corrected chi connectivity index (χ3v) is 5.24. The summed E-state index contributed by atoms with van der Waals surface area (Å²) in [6, 6.07) is 16.5. The first-order valence-electron chi connectivity index (χ1n) is 8.87. The molecule has 0 N–H and O–H groups in total. The average molecular weight is 423 g/mol. The Morgan fingerprint density at radius 3 is 2.43 bits per heavy atom. The summed E-state index contributed by atoms with van der Waals surface area (Å²) >= 11 is 1.13. The monoisotopic (exact) mass is 423 g/mol. The van der Waals surface area contributed by atoms with Crippen molar-refractivity contribution in [1.29, 1.82) is 0 Å². The maximum Gasteiger partial charge on any atom is 0.280 e. The molecule has 150 valence electrons. The highest BCUT2D eigenvalue weighted by molar-refractivity contribution is 7.22. The van der Waals surface area contributed by atoms with Crippen molar-refractivity contribution in [2.75, 3.05) is 12.1 Å². The summed E-state index contributed by atoms with van der Waals surface area (Å²) in [7, 11) is 1.57. The Kier molecular flexibility index (Phi) is 5.49. The fourth-order valence-corrected chi connectivity index (χ4v) is 3.64. The molecule has 0 fully saturated rings. The number of fused-ring (bicyclic) bond motifs is 1. The molecule has 3 aromatic carbocycles. The smallest absolute Gasteiger partial charge is 0.280 e. The molecule has 4 aromatic rings. The second-order valence-electron chi connectivity index (χ2n) is 6.25. The highest BCUT2D eigenvalue weighted by atomic mass is 32.1. The van der Waals surface area contributed by atoms with E-state index in [1.165, 1.54) is 42.6 Å². The van der Waals surface area contributed by atoms with Crippen LogP contribution in [0.3, 0.4) is 0 Å². The van der Waals surface area contributed by atoms with E-state index in [0.717, 1.165) is 21.9 Å². The van der Waals surface area contributed by atoms with E-state index in [9.17, 15) is 13.6 Å². The molecule has 0 saturated heterocycles. The number of amides is 1. The van der Waals surface area contributed by atoms with Gasteiger partial charge in [0.2, 0.25) is 5.13 Å². The maximum atomic E-state index is 13.6. The van der Waals surface area contributed by atoms with Crippen LogP contribution in [0, 0.1) is 11.6 Å². The second kappa shape index (κ2) is 8.38. The number of halogens is 2. The molecular formula is C22H15F2N3O2S. The zero-order valence-electron chi connectivity index (χ0n) is 15.8. The van der Waals surface area contributed by atoms with Gasteiger partial charge in [-0.1, -0.05) is 11.3 Å². The Labute approximate surface area is 174 Å². The average Bonchev–Trinajstić information content (AvgIpc) is 3.17. The molecule has 0 aliphatic heterocycles. The van der Waals surface area contributed by atoms with Crippen molar-refractivity contribution in [2.45, 2.75) is 0 Å². The van der Waals surface area contributed by atoms with Crippen LogP contribution in [0.5, 0.6) is 5.75 Å². The number of benzene rings is 3. The number of ether oxygens (including phenoxy) is 1. The summed E-state index contributed by atoms with van der Waals surface area (Å²) in [6.07, 6.45) is 1.51. The zero-order chi connectivity index (χ0) is 21.1. The lowest BCUT2D eigenvalue weighted by Gasteiger charge is -2.13. The predicted octanol–water partition coefficient (Wildman–Crippen LogP) is 5.26. The Morgan fingerprint density at radius 2 is 1.73 bits per heavy atom. The number of carbonyl (C=O) groups is 1. The molecule has 8 heteroatoms. The quantitative estimate of drug-likeness (QED) is 0.325. The van der Waals surface area contributed by atoms with Crippen LogP contribution in [0.2, 0.25) is 0 Å². The fraction of sp³-hybridized carbons (Fsp3) is 0.0455. The van der Waals surface area contributed by atoms with Gasteiger partial charge in [0.15, 0.2) is 0 Å². The van der Waals surface area contributed by atoms with E-state index in [4.69, 9.17) is 4.74 Å². The van der Waals surface area contributed by atoms with E-state index < -0.39 is 17.5 Å². The topological polar surface area (TPSA) is 54.8 Å². The minimum atomic E-state index is -0.487. The Bertz CT molecular complexity index is 1220. The molecule has 0 spiro atoms. The number of thiazole rings is 1. The normalized spacial score (nSPS) is 11.2. The number of aromatic nitrogens is 1. The first kappa shape index (κ1) is 19.7. The highest BCUT2D eigenvalue weighted by Crippen LogP contribution is 2.30. The summed E-state index contributed by atoms with van der Waals surface area (Å²) in [4.78, 5) is 17.5. The molecule has 0 saturated carbocycles. The molecular weight excluding hydrogens is 408 g/mol. The minimum Gasteiger partial charge on any atom is -0.497 e. The van der Waals surface area contributed by atoms with Crippen LogP contribution in [-0.2, 0) is 0 Å². The summed E-state index contributed by atoms with van der Waals surface area (Å²) in [6.45, 7) is 0. The van der Waals surface area contributed by atoms with Crippen molar-refractivity contribution < 1.29 is 18.3 Å². The van der Waals surface area contributed by atoms with E-state index in [0.29, 0.717) is 16.0 Å². The van der Waals surface area contributed by atoms with Gasteiger partial charge < -0.3 is 4.74 Å². The maximum absolute atomic E-state index is 13.6. The van der Waals surface area contributed by atoms with E-state index >= 15 is 0 Å². The largest absolute Gasteiger partial charge is 0.497 e. The van der Waals surface area contributed by atoms with E-state index in [2.05, 4.69) is 10.1 Å². The van der Waals surface area contributed by atoms with Gasteiger partial charge in [0.1, 0.15) is 17.4 Å². The summed E-state index contributed by atoms with van der Waals surface area (Å²) < 4.78 is 32.6. The van der Waals surface area contributed by atoms with E-state index in [1.807, 2.05) is 0 Å². The van der Waals surface area contributed by atoms with Gasteiger partial charge in [0.25, 0.3) is 5.91 Å². The first-order valence-corrected chi connectivity index (χ1v) is 9.69. The van der Waals surface area contributed by atoms with Gasteiger partial charge in [-0.2, -0.15) is 10.1 Å². The molecule has 1 heterocycles. The van der Waals surface area contributed by atoms with E-state index in [1.54, 1.807) is 37.4 Å². The molecule has 0 bridgehead atoms. The van der Waals surface area contributed by atoms with Crippen molar-refractivity contribution in [3.05, 3.63) is 89.5 Å². The first-order chi connectivity index (χ1) is 14.5. The third kappa shape index (κ3) is 4.18. The molecule has 0 unspecified atom stereocenters. The lowest BCUT2D eigenvalue weighted by molar-refractivity contribution is 0.0988. The van der Waals surface area contributed by atoms with Crippen LogP contribution in [0.1, 0.15) is 15.9 Å². The van der Waals surface area contributed by atoms with Crippen molar-refractivity contribution in [3.8, 4) is 5.75 Å². The van der Waals surface area contributed by atoms with Gasteiger partial charge in [-0.15, -0.1) is 0 Å². The molecule has 0 atom stereocenters. The van der Waals surface area contributed by atoms with Crippen LogP contribution in [-0.4, -0.2) is 24.2 Å². The molecule has 5 nitrogen and oxygen atoms in total. The van der Waals surface area contributed by atoms with Crippen molar-refractivity contribution in [3.63, 3.8) is 0 Å². The van der Waals surface area contributed by atoms with Crippen LogP contribution in [0.4, 0.5) is 13.9 Å².